The molecule has 0 spiro atoms. The summed E-state index contributed by atoms with van der Waals surface area (Å²) in [7, 11) is 1.55. The molecule has 0 bridgehead atoms. The molecule has 110 valence electrons. The second kappa shape index (κ2) is 10.7. The van der Waals surface area contributed by atoms with Crippen molar-refractivity contribution in [1.29, 1.82) is 0 Å². The number of hydrogen-bond donors (Lipinski definition) is 2. The van der Waals surface area contributed by atoms with Gasteiger partial charge in [0, 0.05) is 7.11 Å². The lowest BCUT2D eigenvalue weighted by molar-refractivity contribution is -0.119. The SMILES string of the molecule is COC(C)C(C)(O)COCCOCCOCCO. The minimum Gasteiger partial charge on any atom is -0.394 e. The zero-order chi connectivity index (χ0) is 13.9. The van der Waals surface area contributed by atoms with Crippen LogP contribution in [0.25, 0.3) is 0 Å². The van der Waals surface area contributed by atoms with Gasteiger partial charge in [-0.3, -0.25) is 0 Å². The minimum absolute atomic E-state index is 0.0237. The Balaban J connectivity index is 3.34. The fourth-order valence-electron chi connectivity index (χ4n) is 1.15. The molecule has 0 aliphatic carbocycles. The number of aliphatic hydroxyl groups excluding tert-OH is 1. The van der Waals surface area contributed by atoms with Crippen LogP contribution in [0.3, 0.4) is 0 Å². The molecule has 2 unspecified atom stereocenters. The zero-order valence-corrected chi connectivity index (χ0v) is 11.6. The number of aliphatic hydroxyl groups is 2. The van der Waals surface area contributed by atoms with Crippen LogP contribution in [0, 0.1) is 0 Å². The summed E-state index contributed by atoms with van der Waals surface area (Å²) in [6.07, 6.45) is -0.287. The number of methoxy groups -OCH3 is 1. The van der Waals surface area contributed by atoms with Gasteiger partial charge in [0.05, 0.1) is 52.4 Å². The molecule has 2 atom stereocenters. The predicted molar refractivity (Wildman–Crippen MR) is 66.6 cm³/mol. The molecule has 0 aromatic rings. The Labute approximate surface area is 109 Å². The monoisotopic (exact) mass is 266 g/mol. The summed E-state index contributed by atoms with van der Waals surface area (Å²) in [5.74, 6) is 0. The van der Waals surface area contributed by atoms with Gasteiger partial charge in [-0.1, -0.05) is 0 Å². The molecule has 2 N–H and O–H groups in total. The molecule has 0 aromatic heterocycles. The van der Waals surface area contributed by atoms with Gasteiger partial charge in [0.25, 0.3) is 0 Å². The van der Waals surface area contributed by atoms with Crippen LogP contribution in [0.5, 0.6) is 0 Å². The molecular formula is C12H26O6. The lowest BCUT2D eigenvalue weighted by atomic mass is 10.0. The van der Waals surface area contributed by atoms with E-state index >= 15 is 0 Å². The van der Waals surface area contributed by atoms with Gasteiger partial charge in [0.15, 0.2) is 0 Å². The van der Waals surface area contributed by atoms with Crippen LogP contribution in [0.1, 0.15) is 13.8 Å². The summed E-state index contributed by atoms with van der Waals surface area (Å²) in [6.45, 7) is 5.79. The highest BCUT2D eigenvalue weighted by atomic mass is 16.6. The number of rotatable bonds is 12. The molecule has 0 heterocycles. The highest BCUT2D eigenvalue weighted by Gasteiger charge is 2.28. The summed E-state index contributed by atoms with van der Waals surface area (Å²) in [4.78, 5) is 0. The average molecular weight is 266 g/mol. The van der Waals surface area contributed by atoms with Gasteiger partial charge in [0.2, 0.25) is 0 Å². The largest absolute Gasteiger partial charge is 0.394 e. The molecule has 6 heteroatoms. The van der Waals surface area contributed by atoms with E-state index in [-0.39, 0.29) is 19.3 Å². The van der Waals surface area contributed by atoms with Crippen molar-refractivity contribution >= 4 is 0 Å². The smallest absolute Gasteiger partial charge is 0.111 e. The van der Waals surface area contributed by atoms with E-state index in [1.54, 1.807) is 21.0 Å². The van der Waals surface area contributed by atoms with Gasteiger partial charge in [0.1, 0.15) is 5.60 Å². The Morgan fingerprint density at radius 2 is 1.50 bits per heavy atom. The first-order valence-electron chi connectivity index (χ1n) is 6.14. The Kier molecular flexibility index (Phi) is 10.5. The first-order valence-corrected chi connectivity index (χ1v) is 6.14. The second-order valence-electron chi connectivity index (χ2n) is 4.24. The fourth-order valence-corrected chi connectivity index (χ4v) is 1.15. The van der Waals surface area contributed by atoms with Crippen molar-refractivity contribution < 1.29 is 29.2 Å². The normalized spacial score (nSPS) is 16.5. The lowest BCUT2D eigenvalue weighted by Crippen LogP contribution is -2.43. The Morgan fingerprint density at radius 3 is 2.00 bits per heavy atom. The van der Waals surface area contributed by atoms with Gasteiger partial charge < -0.3 is 29.2 Å². The van der Waals surface area contributed by atoms with E-state index < -0.39 is 5.60 Å². The van der Waals surface area contributed by atoms with E-state index in [2.05, 4.69) is 0 Å². The third-order valence-corrected chi connectivity index (χ3v) is 2.60. The maximum Gasteiger partial charge on any atom is 0.111 e. The topological polar surface area (TPSA) is 77.4 Å². The second-order valence-corrected chi connectivity index (χ2v) is 4.24. The summed E-state index contributed by atoms with van der Waals surface area (Å²) >= 11 is 0. The highest BCUT2D eigenvalue weighted by molar-refractivity contribution is 4.79. The molecule has 18 heavy (non-hydrogen) atoms. The summed E-state index contributed by atoms with van der Waals surface area (Å²) < 4.78 is 20.6. The first-order chi connectivity index (χ1) is 8.54. The molecule has 0 aliphatic heterocycles. The molecule has 6 nitrogen and oxygen atoms in total. The minimum atomic E-state index is -1.00. The lowest BCUT2D eigenvalue weighted by Gasteiger charge is -2.28. The molecule has 0 aliphatic rings. The molecule has 0 radical (unpaired) electrons. The van der Waals surface area contributed by atoms with Crippen LogP contribution in [0.4, 0.5) is 0 Å². The maximum absolute atomic E-state index is 9.95. The highest BCUT2D eigenvalue weighted by Crippen LogP contribution is 2.12. The quantitative estimate of drug-likeness (QED) is 0.477. The van der Waals surface area contributed by atoms with Crippen molar-refractivity contribution in [2.24, 2.45) is 0 Å². The zero-order valence-electron chi connectivity index (χ0n) is 11.6. The van der Waals surface area contributed by atoms with Crippen molar-refractivity contribution in [1.82, 2.24) is 0 Å². The Morgan fingerprint density at radius 1 is 1.00 bits per heavy atom. The number of ether oxygens (including phenoxy) is 4. The van der Waals surface area contributed by atoms with E-state index in [1.807, 2.05) is 0 Å². The molecule has 0 rings (SSSR count). The summed E-state index contributed by atoms with van der Waals surface area (Å²) in [6, 6.07) is 0. The summed E-state index contributed by atoms with van der Waals surface area (Å²) in [5, 5.41) is 18.4. The standard InChI is InChI=1S/C12H26O6/c1-11(15-3)12(2,14)10-18-9-8-17-7-6-16-5-4-13/h11,13-14H,4-10H2,1-3H3. The Bertz CT molecular complexity index is 185. The van der Waals surface area contributed by atoms with Crippen LogP contribution in [0.15, 0.2) is 0 Å². The van der Waals surface area contributed by atoms with E-state index in [0.29, 0.717) is 33.0 Å². The van der Waals surface area contributed by atoms with Gasteiger partial charge in [-0.2, -0.15) is 0 Å². The third kappa shape index (κ3) is 8.79. The number of hydrogen-bond acceptors (Lipinski definition) is 6. The molecule has 0 fully saturated rings. The van der Waals surface area contributed by atoms with E-state index in [9.17, 15) is 5.11 Å². The van der Waals surface area contributed by atoms with Crippen molar-refractivity contribution in [2.75, 3.05) is 53.4 Å². The molecule has 0 aromatic carbocycles. The van der Waals surface area contributed by atoms with E-state index in [4.69, 9.17) is 24.1 Å². The molecule has 0 saturated heterocycles. The van der Waals surface area contributed by atoms with Gasteiger partial charge in [-0.25, -0.2) is 0 Å². The summed E-state index contributed by atoms with van der Waals surface area (Å²) in [5.41, 5.74) is -1.00. The predicted octanol–water partition coefficient (Wildman–Crippen LogP) is -0.186. The van der Waals surface area contributed by atoms with Crippen LogP contribution in [-0.2, 0) is 18.9 Å². The third-order valence-electron chi connectivity index (χ3n) is 2.60. The maximum atomic E-state index is 9.95. The molecule has 0 amide bonds. The van der Waals surface area contributed by atoms with Crippen molar-refractivity contribution in [3.8, 4) is 0 Å². The van der Waals surface area contributed by atoms with Crippen LogP contribution in [0.2, 0.25) is 0 Å². The Hall–Kier alpha value is -0.240. The molecular weight excluding hydrogens is 240 g/mol. The van der Waals surface area contributed by atoms with Gasteiger partial charge in [-0.05, 0) is 13.8 Å². The van der Waals surface area contributed by atoms with E-state index in [1.165, 1.54) is 0 Å². The van der Waals surface area contributed by atoms with Crippen molar-refractivity contribution in [3.05, 3.63) is 0 Å². The van der Waals surface area contributed by atoms with Crippen LogP contribution < -0.4 is 0 Å². The van der Waals surface area contributed by atoms with Crippen LogP contribution in [-0.4, -0.2) is 75.3 Å². The fraction of sp³-hybridized carbons (Fsp3) is 1.00. The average Bonchev–Trinajstić information content (AvgIpc) is 2.35. The van der Waals surface area contributed by atoms with Crippen LogP contribution >= 0.6 is 0 Å². The first kappa shape index (κ1) is 17.8. The van der Waals surface area contributed by atoms with Gasteiger partial charge >= 0.3 is 0 Å². The van der Waals surface area contributed by atoms with E-state index in [0.717, 1.165) is 0 Å². The van der Waals surface area contributed by atoms with Gasteiger partial charge in [-0.15, -0.1) is 0 Å². The van der Waals surface area contributed by atoms with Crippen molar-refractivity contribution in [3.63, 3.8) is 0 Å². The van der Waals surface area contributed by atoms with Crippen molar-refractivity contribution in [2.45, 2.75) is 25.6 Å². The molecule has 0 saturated carbocycles.